The number of halogens is 1. The van der Waals surface area contributed by atoms with Gasteiger partial charge in [0.25, 0.3) is 0 Å². The minimum atomic E-state index is -1.53. The van der Waals surface area contributed by atoms with Crippen LogP contribution in [0.1, 0.15) is 41.4 Å². The summed E-state index contributed by atoms with van der Waals surface area (Å²) >= 11 is 0. The van der Waals surface area contributed by atoms with Crippen LogP contribution in [0.25, 0.3) is 0 Å². The molecular formula is C35H32ClNO9. The fourth-order valence-corrected chi connectivity index (χ4v) is 4.87. The van der Waals surface area contributed by atoms with Crippen LogP contribution in [0.5, 0.6) is 0 Å². The van der Waals surface area contributed by atoms with Crippen molar-refractivity contribution >= 4 is 36.3 Å². The molecule has 0 bridgehead atoms. The van der Waals surface area contributed by atoms with Gasteiger partial charge in [0.15, 0.2) is 18.3 Å². The Morgan fingerprint density at radius 1 is 0.543 bits per heavy atom. The molecule has 5 atom stereocenters. The van der Waals surface area contributed by atoms with Crippen molar-refractivity contribution in [1.82, 2.24) is 5.31 Å². The summed E-state index contributed by atoms with van der Waals surface area (Å²) in [6.45, 7) is -1.22. The first-order chi connectivity index (χ1) is 22.4. The Bertz CT molecular complexity index is 1630. The Morgan fingerprint density at radius 2 is 0.870 bits per heavy atom. The SMILES string of the molecule is Cl.[2H]N1[C@H](CO)[C@H](OC(=O)c2ccccc2)[C@@H](OC(=O)c2ccccc2)[C@H](OC(=O)c2ccccc2)[C@H]1COC(=O)c1ccccc1. The van der Waals surface area contributed by atoms with Crippen molar-refractivity contribution < 1.29 is 44.6 Å². The second-order valence-electron chi connectivity index (χ2n) is 10.1. The van der Waals surface area contributed by atoms with E-state index in [1.54, 1.807) is 84.9 Å². The van der Waals surface area contributed by atoms with Gasteiger partial charge in [0.2, 0.25) is 0 Å². The van der Waals surface area contributed by atoms with E-state index in [1.807, 2.05) is 0 Å². The van der Waals surface area contributed by atoms with Gasteiger partial charge in [-0.1, -0.05) is 72.8 Å². The third kappa shape index (κ3) is 8.36. The van der Waals surface area contributed by atoms with Gasteiger partial charge in [0.05, 0.1) is 40.9 Å². The van der Waals surface area contributed by atoms with E-state index >= 15 is 0 Å². The highest BCUT2D eigenvalue weighted by atomic mass is 35.5. The van der Waals surface area contributed by atoms with Gasteiger partial charge in [-0.25, -0.2) is 19.2 Å². The van der Waals surface area contributed by atoms with Crippen LogP contribution in [0.3, 0.4) is 0 Å². The van der Waals surface area contributed by atoms with E-state index < -0.39 is 67.5 Å². The largest absolute Gasteiger partial charge is 0.460 e. The highest BCUT2D eigenvalue weighted by Gasteiger charge is 2.51. The molecule has 0 saturated carbocycles. The lowest BCUT2D eigenvalue weighted by molar-refractivity contribution is -0.137. The molecule has 4 aromatic carbocycles. The molecule has 0 aliphatic carbocycles. The molecule has 1 aliphatic heterocycles. The van der Waals surface area contributed by atoms with Crippen LogP contribution in [0.15, 0.2) is 121 Å². The molecule has 0 spiro atoms. The van der Waals surface area contributed by atoms with Crippen molar-refractivity contribution in [2.45, 2.75) is 30.4 Å². The number of aliphatic hydroxyl groups is 1. The third-order valence-electron chi connectivity index (χ3n) is 7.13. The first kappa shape index (κ1) is 32.4. The molecule has 0 radical (unpaired) electrons. The zero-order valence-corrected chi connectivity index (χ0v) is 25.2. The van der Waals surface area contributed by atoms with Gasteiger partial charge in [-0.3, -0.25) is 5.31 Å². The Kier molecular flexibility index (Phi) is 11.5. The summed E-state index contributed by atoms with van der Waals surface area (Å²) in [6, 6.07) is 29.6. The van der Waals surface area contributed by atoms with Crippen LogP contribution in [0, 0.1) is 0 Å². The first-order valence-electron chi connectivity index (χ1n) is 14.7. The van der Waals surface area contributed by atoms with E-state index in [0.29, 0.717) is 0 Å². The number of aliphatic hydroxyl groups excluding tert-OH is 1. The Hall–Kier alpha value is -5.03. The summed E-state index contributed by atoms with van der Waals surface area (Å²) in [6.07, 6.45) is -4.53. The van der Waals surface area contributed by atoms with Crippen molar-refractivity contribution in [3.05, 3.63) is 144 Å². The molecule has 10 nitrogen and oxygen atoms in total. The number of rotatable bonds is 10. The molecule has 4 aromatic rings. The number of benzene rings is 4. The maximum absolute atomic E-state index is 13.4. The fourth-order valence-electron chi connectivity index (χ4n) is 4.87. The van der Waals surface area contributed by atoms with E-state index in [-0.39, 0.29) is 34.7 Å². The molecule has 1 aliphatic rings. The van der Waals surface area contributed by atoms with E-state index in [4.69, 9.17) is 20.4 Å². The fraction of sp³-hybridized carbons (Fsp3) is 0.200. The van der Waals surface area contributed by atoms with Gasteiger partial charge in [-0.05, 0) is 48.5 Å². The lowest BCUT2D eigenvalue weighted by Crippen LogP contribution is -2.69. The summed E-state index contributed by atoms with van der Waals surface area (Å²) in [4.78, 5) is 53.0. The lowest BCUT2D eigenvalue weighted by atomic mass is 9.89. The van der Waals surface area contributed by atoms with Crippen LogP contribution in [0.2, 0.25) is 1.41 Å². The maximum atomic E-state index is 13.4. The molecule has 0 amide bonds. The molecular weight excluding hydrogens is 614 g/mol. The highest BCUT2D eigenvalue weighted by Crippen LogP contribution is 2.28. The van der Waals surface area contributed by atoms with Crippen molar-refractivity contribution in [3.8, 4) is 0 Å². The maximum Gasteiger partial charge on any atom is 0.338 e. The Balaban J connectivity index is 0.00000500. The van der Waals surface area contributed by atoms with Gasteiger partial charge < -0.3 is 24.1 Å². The molecule has 0 unspecified atom stereocenters. The average molecular weight is 647 g/mol. The van der Waals surface area contributed by atoms with Crippen LogP contribution >= 0.6 is 12.4 Å². The van der Waals surface area contributed by atoms with Crippen molar-refractivity contribution in [2.24, 2.45) is 0 Å². The number of hydrogen-bond donors (Lipinski definition) is 2. The molecule has 238 valence electrons. The smallest absolute Gasteiger partial charge is 0.338 e. The summed E-state index contributed by atoms with van der Waals surface area (Å²) in [5, 5.41) is 11.4. The second kappa shape index (κ2) is 16.3. The van der Waals surface area contributed by atoms with Gasteiger partial charge >= 0.3 is 23.9 Å². The van der Waals surface area contributed by atoms with Gasteiger partial charge in [-0.15, -0.1) is 12.4 Å². The highest BCUT2D eigenvalue weighted by molar-refractivity contribution is 5.91. The molecule has 11 heteroatoms. The van der Waals surface area contributed by atoms with Crippen molar-refractivity contribution in [2.75, 3.05) is 13.2 Å². The Morgan fingerprint density at radius 3 is 1.24 bits per heavy atom. The normalized spacial score (nSPS) is 21.1. The molecule has 0 aromatic heterocycles. The molecule has 5 rings (SSSR count). The topological polar surface area (TPSA) is 137 Å². The zero-order chi connectivity index (χ0) is 32.5. The quantitative estimate of drug-likeness (QED) is 0.190. The van der Waals surface area contributed by atoms with E-state index in [9.17, 15) is 24.3 Å². The molecule has 1 fully saturated rings. The molecule has 46 heavy (non-hydrogen) atoms. The van der Waals surface area contributed by atoms with Crippen LogP contribution in [-0.2, 0) is 18.9 Å². The Labute approximate surface area is 273 Å². The number of carbonyl (C=O) groups excluding carboxylic acids is 4. The minimum Gasteiger partial charge on any atom is -0.460 e. The standard InChI is InChI=1S/C35H31NO9.ClH/c37-21-27-29(43-33(39)24-15-7-2-8-16-24)31(45-35(41)26-19-11-4-12-20-26)30(44-34(40)25-17-9-3-10-18-25)28(36-27)22-42-32(38)23-13-5-1-6-14-23;/h1-20,27-31,36-37H,21-22H2;1H/t27-,28-,29+,30-,31-;/m1./s1/i/hD. The number of carbonyl (C=O) groups is 4. The predicted molar refractivity (Wildman–Crippen MR) is 169 cm³/mol. The first-order valence-corrected chi connectivity index (χ1v) is 14.3. The zero-order valence-electron chi connectivity index (χ0n) is 25.4. The summed E-state index contributed by atoms with van der Waals surface area (Å²) in [5.74, 6) is -3.18. The minimum absolute atomic E-state index is 0. The molecule has 1 saturated heterocycles. The number of nitrogens with one attached hydrogen (secondary N) is 1. The summed E-state index contributed by atoms with van der Waals surface area (Å²) in [7, 11) is 0. The lowest BCUT2D eigenvalue weighted by Gasteiger charge is -2.45. The molecule has 1 heterocycles. The average Bonchev–Trinajstić information content (AvgIpc) is 3.11. The monoisotopic (exact) mass is 646 g/mol. The predicted octanol–water partition coefficient (Wildman–Crippen LogP) is 4.27. The third-order valence-corrected chi connectivity index (χ3v) is 7.13. The number of piperidine rings is 1. The molecule has 2 N–H and O–H groups in total. The number of hydrogen-bond acceptors (Lipinski definition) is 10. The van der Waals surface area contributed by atoms with E-state index in [1.165, 1.54) is 36.4 Å². The van der Waals surface area contributed by atoms with Crippen molar-refractivity contribution in [1.29, 1.82) is 0 Å². The summed E-state index contributed by atoms with van der Waals surface area (Å²) < 4.78 is 32.2. The number of esters is 4. The van der Waals surface area contributed by atoms with Crippen LogP contribution in [0.4, 0.5) is 0 Å². The van der Waals surface area contributed by atoms with E-state index in [2.05, 4.69) is 0 Å². The van der Waals surface area contributed by atoms with E-state index in [0.717, 1.165) is 5.31 Å². The van der Waals surface area contributed by atoms with Crippen LogP contribution in [-0.4, -0.2) is 72.6 Å². The van der Waals surface area contributed by atoms with Gasteiger partial charge in [0.1, 0.15) is 8.02 Å². The summed E-state index contributed by atoms with van der Waals surface area (Å²) in [5.41, 5.74) is 0.729. The van der Waals surface area contributed by atoms with Gasteiger partial charge in [0, 0.05) is 0 Å². The van der Waals surface area contributed by atoms with Crippen LogP contribution < -0.4 is 5.31 Å². The van der Waals surface area contributed by atoms with Gasteiger partial charge in [-0.2, -0.15) is 0 Å². The number of ether oxygens (including phenoxy) is 4. The van der Waals surface area contributed by atoms with Crippen molar-refractivity contribution in [3.63, 3.8) is 0 Å². The second-order valence-corrected chi connectivity index (χ2v) is 10.1.